The molecule has 0 aliphatic rings. The number of aliphatic hydroxyl groups is 1. The summed E-state index contributed by atoms with van der Waals surface area (Å²) >= 11 is 1.65. The van der Waals surface area contributed by atoms with E-state index in [1.165, 1.54) is 0 Å². The molecule has 1 heterocycles. The Morgan fingerprint density at radius 2 is 2.06 bits per heavy atom. The second-order valence-corrected chi connectivity index (χ2v) is 5.64. The van der Waals surface area contributed by atoms with Gasteiger partial charge in [-0.25, -0.2) is 0 Å². The Morgan fingerprint density at radius 3 is 2.67 bits per heavy atom. The Hall–Kier alpha value is -1.16. The molecular weight excluding hydrogens is 242 g/mol. The number of nitrogens with two attached hydrogens (primary N) is 1. The highest BCUT2D eigenvalue weighted by Crippen LogP contribution is 2.34. The van der Waals surface area contributed by atoms with E-state index in [2.05, 4.69) is 18.2 Å². The van der Waals surface area contributed by atoms with Crippen LogP contribution in [-0.2, 0) is 0 Å². The number of thiophene rings is 1. The van der Waals surface area contributed by atoms with Crippen LogP contribution >= 0.6 is 11.3 Å². The van der Waals surface area contributed by atoms with Gasteiger partial charge in [-0.1, -0.05) is 29.8 Å². The highest BCUT2D eigenvalue weighted by atomic mass is 32.1. The second-order valence-electron chi connectivity index (χ2n) is 4.66. The number of hydrogen-bond acceptors (Lipinski definition) is 3. The zero-order valence-electron chi connectivity index (χ0n) is 10.8. The molecule has 0 radical (unpaired) electrons. The van der Waals surface area contributed by atoms with Gasteiger partial charge < -0.3 is 10.8 Å². The van der Waals surface area contributed by atoms with Crippen molar-refractivity contribution in [2.24, 2.45) is 5.73 Å². The van der Waals surface area contributed by atoms with Crippen LogP contribution < -0.4 is 5.73 Å². The van der Waals surface area contributed by atoms with Gasteiger partial charge in [-0.05, 0) is 36.4 Å². The summed E-state index contributed by atoms with van der Waals surface area (Å²) in [5, 5.41) is 12.6. The van der Waals surface area contributed by atoms with Gasteiger partial charge in [-0.2, -0.15) is 0 Å². The fraction of sp³-hybridized carbons (Fsp3) is 0.333. The first-order valence-corrected chi connectivity index (χ1v) is 7.00. The van der Waals surface area contributed by atoms with Crippen LogP contribution in [0.5, 0.6) is 0 Å². The molecule has 2 nitrogen and oxygen atoms in total. The number of aryl methyl sites for hydroxylation is 2. The van der Waals surface area contributed by atoms with E-state index >= 15 is 0 Å². The molecule has 0 spiro atoms. The summed E-state index contributed by atoms with van der Waals surface area (Å²) < 4.78 is 0. The molecule has 0 fully saturated rings. The third kappa shape index (κ3) is 2.64. The summed E-state index contributed by atoms with van der Waals surface area (Å²) in [5.74, 6) is -0.0227. The summed E-state index contributed by atoms with van der Waals surface area (Å²) in [7, 11) is 0. The van der Waals surface area contributed by atoms with E-state index in [0.29, 0.717) is 6.54 Å². The van der Waals surface area contributed by atoms with Crippen molar-refractivity contribution in [3.63, 3.8) is 0 Å². The van der Waals surface area contributed by atoms with Crippen molar-refractivity contribution >= 4 is 11.3 Å². The molecule has 3 N–H and O–H groups in total. The van der Waals surface area contributed by atoms with Gasteiger partial charge in [0, 0.05) is 17.3 Å². The summed E-state index contributed by atoms with van der Waals surface area (Å²) in [6.07, 6.45) is -0.534. The third-order valence-electron chi connectivity index (χ3n) is 3.30. The van der Waals surface area contributed by atoms with Gasteiger partial charge >= 0.3 is 0 Å². The maximum atomic E-state index is 10.6. The molecule has 2 aromatic rings. The third-order valence-corrected chi connectivity index (χ3v) is 4.30. The van der Waals surface area contributed by atoms with E-state index < -0.39 is 6.10 Å². The minimum Gasteiger partial charge on any atom is -0.388 e. The van der Waals surface area contributed by atoms with Crippen LogP contribution in [0.15, 0.2) is 35.7 Å². The van der Waals surface area contributed by atoms with E-state index in [4.69, 9.17) is 5.73 Å². The van der Waals surface area contributed by atoms with Crippen LogP contribution in [0.4, 0.5) is 0 Å². The lowest BCUT2D eigenvalue weighted by atomic mass is 9.90. The van der Waals surface area contributed by atoms with Crippen molar-refractivity contribution in [2.75, 3.05) is 6.54 Å². The van der Waals surface area contributed by atoms with Gasteiger partial charge in [0.2, 0.25) is 0 Å². The fourth-order valence-electron chi connectivity index (χ4n) is 2.20. The van der Waals surface area contributed by atoms with Crippen molar-refractivity contribution in [1.82, 2.24) is 0 Å². The van der Waals surface area contributed by atoms with Crippen molar-refractivity contribution in [2.45, 2.75) is 25.9 Å². The molecule has 0 bridgehead atoms. The Bertz CT molecular complexity index is 507. The highest BCUT2D eigenvalue weighted by Gasteiger charge is 2.23. The average molecular weight is 261 g/mol. The smallest absolute Gasteiger partial charge is 0.0881 e. The van der Waals surface area contributed by atoms with Crippen molar-refractivity contribution in [3.05, 3.63) is 57.3 Å². The van der Waals surface area contributed by atoms with Gasteiger partial charge in [0.25, 0.3) is 0 Å². The van der Waals surface area contributed by atoms with E-state index in [1.807, 2.05) is 31.4 Å². The zero-order valence-corrected chi connectivity index (χ0v) is 11.6. The summed E-state index contributed by atoms with van der Waals surface area (Å²) in [4.78, 5) is 1.14. The van der Waals surface area contributed by atoms with E-state index in [9.17, 15) is 5.11 Å². The quantitative estimate of drug-likeness (QED) is 0.888. The number of hydrogen-bond donors (Lipinski definition) is 2. The van der Waals surface area contributed by atoms with Gasteiger partial charge in [0.1, 0.15) is 0 Å². The summed E-state index contributed by atoms with van der Waals surface area (Å²) in [6.45, 7) is 4.52. The molecule has 96 valence electrons. The Kier molecular flexibility index (Phi) is 4.17. The molecule has 1 aromatic heterocycles. The van der Waals surface area contributed by atoms with Crippen LogP contribution in [0.2, 0.25) is 0 Å². The lowest BCUT2D eigenvalue weighted by Gasteiger charge is -2.22. The Balaban J connectivity index is 2.34. The molecule has 3 heteroatoms. The molecule has 18 heavy (non-hydrogen) atoms. The van der Waals surface area contributed by atoms with Crippen LogP contribution in [0.3, 0.4) is 0 Å². The average Bonchev–Trinajstić information content (AvgIpc) is 2.87. The molecular formula is C15H19NOS. The van der Waals surface area contributed by atoms with Crippen LogP contribution in [0.25, 0.3) is 0 Å². The zero-order chi connectivity index (χ0) is 13.1. The Morgan fingerprint density at radius 1 is 1.28 bits per heavy atom. The van der Waals surface area contributed by atoms with Crippen LogP contribution in [0.1, 0.15) is 33.6 Å². The maximum Gasteiger partial charge on any atom is 0.0881 e. The van der Waals surface area contributed by atoms with Gasteiger partial charge in [0.15, 0.2) is 0 Å². The van der Waals surface area contributed by atoms with Crippen molar-refractivity contribution in [3.8, 4) is 0 Å². The topological polar surface area (TPSA) is 46.2 Å². The molecule has 2 rings (SSSR count). The largest absolute Gasteiger partial charge is 0.388 e. The summed E-state index contributed by atoms with van der Waals surface area (Å²) in [5.41, 5.74) is 9.10. The minimum absolute atomic E-state index is 0.0227. The lowest BCUT2D eigenvalue weighted by molar-refractivity contribution is 0.148. The summed E-state index contributed by atoms with van der Waals surface area (Å²) in [6, 6.07) is 10.2. The molecule has 0 aliphatic carbocycles. The second kappa shape index (κ2) is 5.65. The molecule has 0 aliphatic heterocycles. The minimum atomic E-state index is -0.534. The first-order valence-electron chi connectivity index (χ1n) is 6.12. The molecule has 0 saturated heterocycles. The van der Waals surface area contributed by atoms with E-state index in [0.717, 1.165) is 21.6 Å². The first-order chi connectivity index (χ1) is 8.63. The van der Waals surface area contributed by atoms with Crippen molar-refractivity contribution in [1.29, 1.82) is 0 Å². The monoisotopic (exact) mass is 261 g/mol. The molecule has 1 aromatic carbocycles. The number of benzene rings is 1. The molecule has 0 saturated carbocycles. The van der Waals surface area contributed by atoms with Crippen molar-refractivity contribution < 1.29 is 5.11 Å². The molecule has 2 unspecified atom stereocenters. The number of rotatable bonds is 4. The van der Waals surface area contributed by atoms with Crippen LogP contribution in [0, 0.1) is 13.8 Å². The molecule has 0 amide bonds. The Labute approximate surface area is 112 Å². The number of aliphatic hydroxyl groups excluding tert-OH is 1. The van der Waals surface area contributed by atoms with E-state index in [1.54, 1.807) is 11.3 Å². The first kappa shape index (κ1) is 13.3. The van der Waals surface area contributed by atoms with Gasteiger partial charge in [-0.15, -0.1) is 11.3 Å². The highest BCUT2D eigenvalue weighted by molar-refractivity contribution is 7.10. The maximum absolute atomic E-state index is 10.6. The predicted molar refractivity (Wildman–Crippen MR) is 77.0 cm³/mol. The van der Waals surface area contributed by atoms with Gasteiger partial charge in [-0.3, -0.25) is 0 Å². The fourth-order valence-corrected chi connectivity index (χ4v) is 3.07. The lowest BCUT2D eigenvalue weighted by Crippen LogP contribution is -2.20. The predicted octanol–water partition coefficient (Wildman–Crippen LogP) is 3.14. The standard InChI is InChI=1S/C15H19NOS/c1-10-5-6-11(2)12(8-10)15(17)13(9-16)14-4-3-7-18-14/h3-8,13,15,17H,9,16H2,1-2H3. The SMILES string of the molecule is Cc1ccc(C)c(C(O)C(CN)c2cccs2)c1. The van der Waals surface area contributed by atoms with Crippen LogP contribution in [-0.4, -0.2) is 11.7 Å². The van der Waals surface area contributed by atoms with Gasteiger partial charge in [0.05, 0.1) is 6.10 Å². The molecule has 2 atom stereocenters. The normalized spacial score (nSPS) is 14.4. The van der Waals surface area contributed by atoms with E-state index in [-0.39, 0.29) is 5.92 Å².